The minimum atomic E-state index is -0.505. The third-order valence-electron chi connectivity index (χ3n) is 4.98. The molecule has 0 radical (unpaired) electrons. The first kappa shape index (κ1) is 23.1. The van der Waals surface area contributed by atoms with Crippen molar-refractivity contribution in [2.75, 3.05) is 19.0 Å². The van der Waals surface area contributed by atoms with Crippen molar-refractivity contribution < 1.29 is 23.9 Å². The van der Waals surface area contributed by atoms with Crippen LogP contribution in [-0.4, -0.2) is 35.6 Å². The van der Waals surface area contributed by atoms with E-state index < -0.39 is 17.1 Å². The van der Waals surface area contributed by atoms with Gasteiger partial charge < -0.3 is 14.8 Å². The number of para-hydroxylation sites is 2. The number of nitrogens with zero attached hydrogens (tertiary/aromatic N) is 1. The van der Waals surface area contributed by atoms with Crippen LogP contribution in [0.25, 0.3) is 6.08 Å². The number of benzene rings is 3. The number of ether oxygens (including phenoxy) is 2. The Hall–Kier alpha value is -4.04. The van der Waals surface area contributed by atoms with Crippen LogP contribution in [0, 0.1) is 0 Å². The second-order valence-corrected chi connectivity index (χ2v) is 8.35. The Labute approximate surface area is 201 Å². The van der Waals surface area contributed by atoms with Crippen LogP contribution < -0.4 is 14.8 Å². The zero-order valence-corrected chi connectivity index (χ0v) is 19.2. The summed E-state index contributed by atoms with van der Waals surface area (Å²) in [6, 6.07) is 24.0. The number of carbonyl (C=O) groups is 3. The van der Waals surface area contributed by atoms with Gasteiger partial charge in [-0.3, -0.25) is 19.3 Å². The number of imide groups is 1. The molecular weight excluding hydrogens is 452 g/mol. The number of hydrogen-bond donors (Lipinski definition) is 1. The molecule has 1 aliphatic heterocycles. The van der Waals surface area contributed by atoms with Gasteiger partial charge in [0.25, 0.3) is 11.1 Å². The molecule has 4 rings (SSSR count). The first-order valence-electron chi connectivity index (χ1n) is 10.5. The number of nitrogens with one attached hydrogen (secondary N) is 1. The van der Waals surface area contributed by atoms with Crippen molar-refractivity contribution in [2.45, 2.75) is 6.61 Å². The molecule has 3 amide bonds. The molecule has 0 spiro atoms. The van der Waals surface area contributed by atoms with Gasteiger partial charge in [-0.15, -0.1) is 0 Å². The van der Waals surface area contributed by atoms with Crippen LogP contribution in [-0.2, 0) is 16.2 Å². The van der Waals surface area contributed by atoms with Gasteiger partial charge in [-0.05, 0) is 53.2 Å². The third kappa shape index (κ3) is 5.65. The van der Waals surface area contributed by atoms with Crippen LogP contribution in [0.3, 0.4) is 0 Å². The topological polar surface area (TPSA) is 84.9 Å². The molecule has 1 heterocycles. The Bertz CT molecular complexity index is 1230. The molecule has 3 aromatic carbocycles. The van der Waals surface area contributed by atoms with Gasteiger partial charge in [0.15, 0.2) is 0 Å². The lowest BCUT2D eigenvalue weighted by Crippen LogP contribution is -2.36. The monoisotopic (exact) mass is 474 g/mol. The average Bonchev–Trinajstić information content (AvgIpc) is 3.11. The molecule has 3 aromatic rings. The van der Waals surface area contributed by atoms with Crippen molar-refractivity contribution in [2.24, 2.45) is 0 Å². The van der Waals surface area contributed by atoms with Crippen LogP contribution >= 0.6 is 11.8 Å². The molecule has 0 saturated carbocycles. The largest absolute Gasteiger partial charge is 0.495 e. The van der Waals surface area contributed by atoms with Crippen LogP contribution in [0.1, 0.15) is 11.1 Å². The van der Waals surface area contributed by atoms with E-state index in [2.05, 4.69) is 5.32 Å². The lowest BCUT2D eigenvalue weighted by Gasteiger charge is -2.14. The van der Waals surface area contributed by atoms with Gasteiger partial charge in [-0.2, -0.15) is 0 Å². The van der Waals surface area contributed by atoms with Crippen molar-refractivity contribution in [3.8, 4) is 11.5 Å². The fourth-order valence-electron chi connectivity index (χ4n) is 3.27. The normalized spacial score (nSPS) is 14.4. The molecular formula is C26H22N2O5S. The van der Waals surface area contributed by atoms with Crippen molar-refractivity contribution in [1.82, 2.24) is 4.90 Å². The van der Waals surface area contributed by atoms with Crippen LogP contribution in [0.4, 0.5) is 10.5 Å². The first-order valence-corrected chi connectivity index (χ1v) is 11.3. The smallest absolute Gasteiger partial charge is 0.294 e. The summed E-state index contributed by atoms with van der Waals surface area (Å²) in [5.74, 6) is 0.186. The molecule has 34 heavy (non-hydrogen) atoms. The summed E-state index contributed by atoms with van der Waals surface area (Å²) in [5, 5.41) is 2.18. The SMILES string of the molecule is COc1ccccc1NC(=O)CN1C(=O)S/C(=C/c2ccc(OCc3ccccc3)cc2)C1=O. The van der Waals surface area contributed by atoms with Gasteiger partial charge in [0.1, 0.15) is 24.7 Å². The summed E-state index contributed by atoms with van der Waals surface area (Å²) in [6.45, 7) is 0.0717. The van der Waals surface area contributed by atoms with E-state index in [-0.39, 0.29) is 11.4 Å². The molecule has 7 nitrogen and oxygen atoms in total. The molecule has 0 aliphatic carbocycles. The summed E-state index contributed by atoms with van der Waals surface area (Å²) in [5.41, 5.74) is 2.28. The van der Waals surface area contributed by atoms with E-state index in [1.54, 1.807) is 42.5 Å². The predicted molar refractivity (Wildman–Crippen MR) is 132 cm³/mol. The number of rotatable bonds is 8. The highest BCUT2D eigenvalue weighted by atomic mass is 32.2. The van der Waals surface area contributed by atoms with E-state index in [4.69, 9.17) is 9.47 Å². The van der Waals surface area contributed by atoms with Crippen LogP contribution in [0.15, 0.2) is 83.8 Å². The second-order valence-electron chi connectivity index (χ2n) is 7.36. The standard InChI is InChI=1S/C26H22N2O5S/c1-32-22-10-6-5-9-21(22)27-24(29)16-28-25(30)23(34-26(28)31)15-18-11-13-20(14-12-18)33-17-19-7-3-2-4-8-19/h2-15H,16-17H2,1H3,(H,27,29)/b23-15+. The van der Waals surface area contributed by atoms with Gasteiger partial charge in [0.05, 0.1) is 17.7 Å². The summed E-state index contributed by atoms with van der Waals surface area (Å²) >= 11 is 0.807. The summed E-state index contributed by atoms with van der Waals surface area (Å²) in [6.07, 6.45) is 1.63. The zero-order valence-electron chi connectivity index (χ0n) is 18.4. The highest BCUT2D eigenvalue weighted by Gasteiger charge is 2.36. The van der Waals surface area contributed by atoms with Crippen molar-refractivity contribution in [1.29, 1.82) is 0 Å². The minimum Gasteiger partial charge on any atom is -0.495 e. The lowest BCUT2D eigenvalue weighted by molar-refractivity contribution is -0.127. The van der Waals surface area contributed by atoms with Crippen molar-refractivity contribution in [3.05, 3.63) is 94.9 Å². The van der Waals surface area contributed by atoms with Gasteiger partial charge in [-0.1, -0.05) is 54.6 Å². The fourth-order valence-corrected chi connectivity index (χ4v) is 4.11. The molecule has 0 aromatic heterocycles. The molecule has 8 heteroatoms. The number of carbonyl (C=O) groups excluding carboxylic acids is 3. The predicted octanol–water partition coefficient (Wildman–Crippen LogP) is 4.95. The van der Waals surface area contributed by atoms with E-state index in [0.717, 1.165) is 27.8 Å². The molecule has 1 fully saturated rings. The molecule has 0 bridgehead atoms. The quantitative estimate of drug-likeness (QED) is 0.465. The maximum atomic E-state index is 12.7. The maximum Gasteiger partial charge on any atom is 0.294 e. The van der Waals surface area contributed by atoms with Gasteiger partial charge in [-0.25, -0.2) is 0 Å². The highest BCUT2D eigenvalue weighted by molar-refractivity contribution is 8.18. The number of thioether (sulfide) groups is 1. The van der Waals surface area contributed by atoms with Gasteiger partial charge in [0, 0.05) is 0 Å². The average molecular weight is 475 g/mol. The minimum absolute atomic E-state index is 0.257. The van der Waals surface area contributed by atoms with E-state index in [1.165, 1.54) is 7.11 Å². The maximum absolute atomic E-state index is 12.7. The van der Waals surface area contributed by atoms with Crippen LogP contribution in [0.5, 0.6) is 11.5 Å². The number of hydrogen-bond acceptors (Lipinski definition) is 6. The number of amides is 3. The van der Waals surface area contributed by atoms with Crippen LogP contribution in [0.2, 0.25) is 0 Å². The Morgan fingerprint density at radius 3 is 2.41 bits per heavy atom. The third-order valence-corrected chi connectivity index (χ3v) is 5.89. The summed E-state index contributed by atoms with van der Waals surface area (Å²) in [4.78, 5) is 38.7. The Balaban J connectivity index is 1.37. The number of methoxy groups -OCH3 is 1. The van der Waals surface area contributed by atoms with Gasteiger partial charge in [0.2, 0.25) is 5.91 Å². The molecule has 0 atom stereocenters. The van der Waals surface area contributed by atoms with Crippen molar-refractivity contribution in [3.63, 3.8) is 0 Å². The Morgan fingerprint density at radius 2 is 1.68 bits per heavy atom. The Kier molecular flexibility index (Phi) is 7.29. The summed E-state index contributed by atoms with van der Waals surface area (Å²) < 4.78 is 11.0. The van der Waals surface area contributed by atoms with Crippen molar-refractivity contribution >= 4 is 40.6 Å². The number of anilines is 1. The molecule has 1 saturated heterocycles. The molecule has 1 N–H and O–H groups in total. The lowest BCUT2D eigenvalue weighted by atomic mass is 10.2. The van der Waals surface area contributed by atoms with E-state index in [1.807, 2.05) is 42.5 Å². The van der Waals surface area contributed by atoms with Gasteiger partial charge >= 0.3 is 0 Å². The fraction of sp³-hybridized carbons (Fsp3) is 0.115. The highest BCUT2D eigenvalue weighted by Crippen LogP contribution is 2.32. The first-order chi connectivity index (χ1) is 16.5. The Morgan fingerprint density at radius 1 is 0.971 bits per heavy atom. The molecule has 172 valence electrons. The molecule has 0 unspecified atom stereocenters. The molecule has 1 aliphatic rings. The van der Waals surface area contributed by atoms with E-state index in [0.29, 0.717) is 23.8 Å². The van der Waals surface area contributed by atoms with E-state index >= 15 is 0 Å². The zero-order chi connectivity index (χ0) is 23.9. The second kappa shape index (κ2) is 10.7. The van der Waals surface area contributed by atoms with E-state index in [9.17, 15) is 14.4 Å². The summed E-state index contributed by atoms with van der Waals surface area (Å²) in [7, 11) is 1.49.